The van der Waals surface area contributed by atoms with Crippen molar-refractivity contribution < 1.29 is 4.74 Å². The van der Waals surface area contributed by atoms with Crippen molar-refractivity contribution in [3.8, 4) is 0 Å². The Morgan fingerprint density at radius 3 is 3.12 bits per heavy atom. The molecule has 1 atom stereocenters. The summed E-state index contributed by atoms with van der Waals surface area (Å²) in [4.78, 5) is 0. The van der Waals surface area contributed by atoms with Crippen molar-refractivity contribution >= 4 is 15.9 Å². The van der Waals surface area contributed by atoms with Gasteiger partial charge in [0.25, 0.3) is 0 Å². The third kappa shape index (κ3) is 3.15. The Morgan fingerprint density at radius 2 is 2.56 bits per heavy atom. The SMILES string of the molecule is C=CCC(NN)c1c(Br)cnn1CCOC. The summed E-state index contributed by atoms with van der Waals surface area (Å²) >= 11 is 3.47. The molecule has 0 aliphatic heterocycles. The zero-order valence-corrected chi connectivity index (χ0v) is 10.9. The second-order valence-corrected chi connectivity index (χ2v) is 4.19. The van der Waals surface area contributed by atoms with Crippen LogP contribution < -0.4 is 11.3 Å². The van der Waals surface area contributed by atoms with Crippen molar-refractivity contribution in [2.24, 2.45) is 5.84 Å². The number of rotatable bonds is 7. The second kappa shape index (κ2) is 6.80. The van der Waals surface area contributed by atoms with E-state index in [1.807, 2.05) is 10.8 Å². The van der Waals surface area contributed by atoms with E-state index in [0.29, 0.717) is 13.2 Å². The van der Waals surface area contributed by atoms with Gasteiger partial charge in [-0.3, -0.25) is 16.0 Å². The van der Waals surface area contributed by atoms with Gasteiger partial charge in [0.2, 0.25) is 0 Å². The minimum atomic E-state index is 0.00577. The van der Waals surface area contributed by atoms with E-state index in [1.54, 1.807) is 13.3 Å². The van der Waals surface area contributed by atoms with Gasteiger partial charge in [0, 0.05) is 7.11 Å². The molecule has 90 valence electrons. The van der Waals surface area contributed by atoms with Gasteiger partial charge in [-0.25, -0.2) is 0 Å². The quantitative estimate of drug-likeness (QED) is 0.452. The summed E-state index contributed by atoms with van der Waals surface area (Å²) in [6.07, 6.45) is 4.33. The van der Waals surface area contributed by atoms with Gasteiger partial charge in [-0.15, -0.1) is 6.58 Å². The lowest BCUT2D eigenvalue weighted by molar-refractivity contribution is 0.181. The number of hydrazine groups is 1. The van der Waals surface area contributed by atoms with Gasteiger partial charge in [-0.2, -0.15) is 5.10 Å². The average Bonchev–Trinajstić information content (AvgIpc) is 2.65. The first kappa shape index (κ1) is 13.4. The molecule has 0 bridgehead atoms. The highest BCUT2D eigenvalue weighted by Crippen LogP contribution is 2.25. The molecule has 6 heteroatoms. The average molecular weight is 289 g/mol. The van der Waals surface area contributed by atoms with Crippen LogP contribution in [-0.4, -0.2) is 23.5 Å². The van der Waals surface area contributed by atoms with E-state index in [4.69, 9.17) is 10.6 Å². The maximum Gasteiger partial charge on any atom is 0.0713 e. The highest BCUT2D eigenvalue weighted by Gasteiger charge is 2.17. The molecule has 0 saturated carbocycles. The van der Waals surface area contributed by atoms with Crippen LogP contribution in [0.2, 0.25) is 0 Å². The molecule has 5 nitrogen and oxygen atoms in total. The van der Waals surface area contributed by atoms with Gasteiger partial charge in [0.05, 0.1) is 35.6 Å². The lowest BCUT2D eigenvalue weighted by atomic mass is 10.1. The molecular formula is C10H17BrN4O. The summed E-state index contributed by atoms with van der Waals surface area (Å²) < 4.78 is 7.85. The standard InChI is InChI=1S/C10H17BrN4O/c1-3-4-9(14-12)10-8(11)7-13-15(10)5-6-16-2/h3,7,9,14H,1,4-6,12H2,2H3. The van der Waals surface area contributed by atoms with Crippen LogP contribution in [-0.2, 0) is 11.3 Å². The van der Waals surface area contributed by atoms with Crippen LogP contribution in [0.15, 0.2) is 23.3 Å². The maximum atomic E-state index is 5.53. The Kier molecular flexibility index (Phi) is 5.68. The molecule has 1 unspecified atom stereocenters. The van der Waals surface area contributed by atoms with Gasteiger partial charge in [0.15, 0.2) is 0 Å². The van der Waals surface area contributed by atoms with E-state index in [2.05, 4.69) is 33.0 Å². The van der Waals surface area contributed by atoms with E-state index < -0.39 is 0 Å². The smallest absolute Gasteiger partial charge is 0.0713 e. The largest absolute Gasteiger partial charge is 0.383 e. The molecule has 0 fully saturated rings. The molecule has 0 amide bonds. The normalized spacial score (nSPS) is 12.7. The molecule has 3 N–H and O–H groups in total. The lowest BCUT2D eigenvalue weighted by Crippen LogP contribution is -2.30. The molecule has 1 aromatic heterocycles. The number of ether oxygens (including phenoxy) is 1. The summed E-state index contributed by atoms with van der Waals surface area (Å²) in [5, 5.41) is 4.26. The molecule has 16 heavy (non-hydrogen) atoms. The van der Waals surface area contributed by atoms with Crippen molar-refractivity contribution in [1.29, 1.82) is 0 Å². The van der Waals surface area contributed by atoms with Crippen molar-refractivity contribution in [2.45, 2.75) is 19.0 Å². The lowest BCUT2D eigenvalue weighted by Gasteiger charge is -2.16. The van der Waals surface area contributed by atoms with Crippen LogP contribution in [0.3, 0.4) is 0 Å². The molecule has 0 radical (unpaired) electrons. The van der Waals surface area contributed by atoms with Gasteiger partial charge in [-0.1, -0.05) is 6.08 Å². The highest BCUT2D eigenvalue weighted by molar-refractivity contribution is 9.10. The number of hydrogen-bond donors (Lipinski definition) is 2. The Bertz CT molecular complexity index is 340. The number of halogens is 1. The number of aromatic nitrogens is 2. The van der Waals surface area contributed by atoms with Crippen LogP contribution in [0.25, 0.3) is 0 Å². The summed E-state index contributed by atoms with van der Waals surface area (Å²) in [5.74, 6) is 5.53. The fraction of sp³-hybridized carbons (Fsp3) is 0.500. The van der Waals surface area contributed by atoms with Gasteiger partial charge in [0.1, 0.15) is 0 Å². The van der Waals surface area contributed by atoms with E-state index in [9.17, 15) is 0 Å². The number of nitrogens with one attached hydrogen (secondary N) is 1. The first-order chi connectivity index (χ1) is 7.74. The third-order valence-corrected chi connectivity index (χ3v) is 2.89. The van der Waals surface area contributed by atoms with Gasteiger partial charge >= 0.3 is 0 Å². The minimum absolute atomic E-state index is 0.00577. The number of nitrogens with zero attached hydrogens (tertiary/aromatic N) is 2. The van der Waals surface area contributed by atoms with Gasteiger partial charge in [-0.05, 0) is 22.4 Å². The minimum Gasteiger partial charge on any atom is -0.383 e. The fourth-order valence-electron chi connectivity index (χ4n) is 1.50. The molecule has 1 aromatic rings. The predicted molar refractivity (Wildman–Crippen MR) is 66.7 cm³/mol. The molecule has 0 spiro atoms. The molecule has 0 aliphatic rings. The Hall–Kier alpha value is -0.690. The molecule has 0 saturated heterocycles. The number of methoxy groups -OCH3 is 1. The molecule has 0 aliphatic carbocycles. The van der Waals surface area contributed by atoms with Crippen LogP contribution >= 0.6 is 15.9 Å². The van der Waals surface area contributed by atoms with Crippen molar-refractivity contribution in [1.82, 2.24) is 15.2 Å². The maximum absolute atomic E-state index is 5.53. The highest BCUT2D eigenvalue weighted by atomic mass is 79.9. The second-order valence-electron chi connectivity index (χ2n) is 3.34. The summed E-state index contributed by atoms with van der Waals surface area (Å²) in [5.41, 5.74) is 3.77. The summed E-state index contributed by atoms with van der Waals surface area (Å²) in [6, 6.07) is 0.00577. The Balaban J connectivity index is 2.89. The zero-order valence-electron chi connectivity index (χ0n) is 9.32. The third-order valence-electron chi connectivity index (χ3n) is 2.27. The fourth-order valence-corrected chi connectivity index (χ4v) is 2.07. The van der Waals surface area contributed by atoms with E-state index in [-0.39, 0.29) is 6.04 Å². The van der Waals surface area contributed by atoms with Crippen LogP contribution in [0.4, 0.5) is 0 Å². The summed E-state index contributed by atoms with van der Waals surface area (Å²) in [6.45, 7) is 5.03. The Labute approximate surface area is 104 Å². The van der Waals surface area contributed by atoms with E-state index in [1.165, 1.54) is 0 Å². The Morgan fingerprint density at radius 1 is 1.81 bits per heavy atom. The van der Waals surface area contributed by atoms with Crippen molar-refractivity contribution in [3.63, 3.8) is 0 Å². The molecule has 1 heterocycles. The first-order valence-corrected chi connectivity index (χ1v) is 5.81. The predicted octanol–water partition coefficient (Wildman–Crippen LogP) is 1.37. The topological polar surface area (TPSA) is 65.1 Å². The molecular weight excluding hydrogens is 272 g/mol. The summed E-state index contributed by atoms with van der Waals surface area (Å²) in [7, 11) is 1.67. The van der Waals surface area contributed by atoms with Gasteiger partial charge < -0.3 is 4.74 Å². The zero-order chi connectivity index (χ0) is 12.0. The van der Waals surface area contributed by atoms with Crippen LogP contribution in [0.1, 0.15) is 18.2 Å². The first-order valence-electron chi connectivity index (χ1n) is 5.01. The van der Waals surface area contributed by atoms with Crippen LogP contribution in [0.5, 0.6) is 0 Å². The van der Waals surface area contributed by atoms with E-state index >= 15 is 0 Å². The van der Waals surface area contributed by atoms with Crippen molar-refractivity contribution in [2.75, 3.05) is 13.7 Å². The number of hydrogen-bond acceptors (Lipinski definition) is 4. The van der Waals surface area contributed by atoms with Crippen LogP contribution in [0, 0.1) is 0 Å². The van der Waals surface area contributed by atoms with E-state index in [0.717, 1.165) is 16.6 Å². The molecule has 0 aromatic carbocycles. The van der Waals surface area contributed by atoms with Crippen molar-refractivity contribution in [3.05, 3.63) is 29.0 Å². The monoisotopic (exact) mass is 288 g/mol. The number of nitrogens with two attached hydrogens (primary N) is 1. The molecule has 1 rings (SSSR count).